The van der Waals surface area contributed by atoms with Gasteiger partial charge in [-0.25, -0.2) is 0 Å². The lowest BCUT2D eigenvalue weighted by Crippen LogP contribution is -2.44. The van der Waals surface area contributed by atoms with E-state index in [-0.39, 0.29) is 5.41 Å². The first-order valence-electron chi connectivity index (χ1n) is 7.41. The molecule has 0 saturated heterocycles. The van der Waals surface area contributed by atoms with Gasteiger partial charge in [0.05, 0.1) is 15.7 Å². The van der Waals surface area contributed by atoms with E-state index in [2.05, 4.69) is 20.8 Å². The van der Waals surface area contributed by atoms with E-state index in [1.807, 2.05) is 0 Å². The van der Waals surface area contributed by atoms with Crippen molar-refractivity contribution < 1.29 is 0 Å². The van der Waals surface area contributed by atoms with Gasteiger partial charge in [-0.1, -0.05) is 38.3 Å². The molecule has 0 aliphatic heterocycles. The predicted molar refractivity (Wildman–Crippen MR) is 74.3 cm³/mol. The zero-order valence-corrected chi connectivity index (χ0v) is 11.6. The first-order chi connectivity index (χ1) is 7.83. The fraction of sp³-hybridized carbons (Fsp3) is 1.00. The molecule has 90 valence electrons. The molecule has 3 aliphatic carbocycles. The summed E-state index contributed by atoms with van der Waals surface area (Å²) in [4.78, 5) is 0. The quantitative estimate of drug-likeness (QED) is 0.643. The molecule has 0 aromatic heterocycles. The van der Waals surface area contributed by atoms with E-state index in [9.17, 15) is 0 Å². The lowest BCUT2D eigenvalue weighted by atomic mass is 9.35. The van der Waals surface area contributed by atoms with Gasteiger partial charge in [-0.3, -0.25) is 0 Å². The fourth-order valence-electron chi connectivity index (χ4n) is 4.63. The zero-order valence-electron chi connectivity index (χ0n) is 11.6. The molecule has 1 spiro atoms. The van der Waals surface area contributed by atoms with Gasteiger partial charge in [0, 0.05) is 0 Å². The smallest absolute Gasteiger partial charge is 0.0631 e. The molecule has 3 aliphatic rings. The first kappa shape index (κ1) is 12.2. The highest BCUT2D eigenvalue weighted by atomic mass is 14.7. The minimum absolute atomic E-state index is 0.0519. The molecular formula is C15H24B2. The van der Waals surface area contributed by atoms with Crippen molar-refractivity contribution in [3.8, 4) is 0 Å². The van der Waals surface area contributed by atoms with Crippen molar-refractivity contribution in [2.45, 2.75) is 64.5 Å². The molecule has 4 unspecified atom stereocenters. The van der Waals surface area contributed by atoms with E-state index in [0.29, 0.717) is 5.92 Å². The van der Waals surface area contributed by atoms with Crippen LogP contribution in [0, 0.1) is 28.6 Å². The topological polar surface area (TPSA) is 0 Å². The highest BCUT2D eigenvalue weighted by Crippen LogP contribution is 2.76. The molecular weight excluding hydrogens is 202 g/mol. The summed E-state index contributed by atoms with van der Waals surface area (Å²) in [5, 5.41) is -0.480. The second-order valence-electron chi connectivity index (χ2n) is 7.71. The van der Waals surface area contributed by atoms with Crippen molar-refractivity contribution in [1.29, 1.82) is 0 Å². The van der Waals surface area contributed by atoms with E-state index >= 15 is 0 Å². The monoisotopic (exact) mass is 226 g/mol. The van der Waals surface area contributed by atoms with Crippen molar-refractivity contribution >= 4 is 15.7 Å². The van der Waals surface area contributed by atoms with Gasteiger partial charge in [-0.05, 0) is 54.8 Å². The molecule has 0 N–H and O–H groups in total. The molecule has 0 amide bonds. The second kappa shape index (κ2) is 3.36. The normalized spacial score (nSPS) is 44.5. The van der Waals surface area contributed by atoms with Gasteiger partial charge >= 0.3 is 0 Å². The van der Waals surface area contributed by atoms with Crippen LogP contribution in [0.15, 0.2) is 0 Å². The van der Waals surface area contributed by atoms with Gasteiger partial charge in [0.2, 0.25) is 0 Å². The van der Waals surface area contributed by atoms with Gasteiger partial charge in [0.1, 0.15) is 0 Å². The number of hydrogen-bond donors (Lipinski definition) is 0. The molecule has 0 nitrogen and oxygen atoms in total. The summed E-state index contributed by atoms with van der Waals surface area (Å²) >= 11 is 0. The standard InChI is InChI=1S/C15H24B2/c1-4-13(2,3)15(16,17)11-7-10-5-6-14(10)9-12(14)8-11/h10-12H,4-9H2,1-3H3. The van der Waals surface area contributed by atoms with Gasteiger partial charge in [0.25, 0.3) is 0 Å². The van der Waals surface area contributed by atoms with Crippen LogP contribution in [0.3, 0.4) is 0 Å². The van der Waals surface area contributed by atoms with E-state index < -0.39 is 5.21 Å². The van der Waals surface area contributed by atoms with Crippen molar-refractivity contribution in [2.75, 3.05) is 0 Å². The maximum atomic E-state index is 6.57. The van der Waals surface area contributed by atoms with E-state index in [0.717, 1.165) is 23.7 Å². The maximum absolute atomic E-state index is 6.57. The van der Waals surface area contributed by atoms with Gasteiger partial charge in [-0.2, -0.15) is 0 Å². The van der Waals surface area contributed by atoms with Gasteiger partial charge in [0.15, 0.2) is 0 Å². The van der Waals surface area contributed by atoms with Crippen LogP contribution >= 0.6 is 0 Å². The first-order valence-corrected chi connectivity index (χ1v) is 7.41. The summed E-state index contributed by atoms with van der Waals surface area (Å²) in [5.74, 6) is 2.48. The third-order valence-corrected chi connectivity index (χ3v) is 6.92. The molecule has 0 aromatic rings. The average Bonchev–Trinajstić information content (AvgIpc) is 2.98. The number of rotatable bonds is 3. The van der Waals surface area contributed by atoms with Crippen LogP contribution in [-0.4, -0.2) is 15.7 Å². The molecule has 2 heteroatoms. The van der Waals surface area contributed by atoms with E-state index in [1.54, 1.807) is 0 Å². The Kier molecular flexibility index (Phi) is 2.41. The molecule has 3 fully saturated rings. The van der Waals surface area contributed by atoms with E-state index in [4.69, 9.17) is 15.7 Å². The Morgan fingerprint density at radius 1 is 1.18 bits per heavy atom. The lowest BCUT2D eigenvalue weighted by molar-refractivity contribution is 0.0360. The summed E-state index contributed by atoms with van der Waals surface area (Å²) < 4.78 is 0. The molecule has 0 aromatic carbocycles. The summed E-state index contributed by atoms with van der Waals surface area (Å²) in [6, 6.07) is 0. The molecule has 3 rings (SSSR count). The Hall–Kier alpha value is 0.130. The Morgan fingerprint density at radius 3 is 2.29 bits per heavy atom. The predicted octanol–water partition coefficient (Wildman–Crippen LogP) is 3.70. The van der Waals surface area contributed by atoms with E-state index in [1.165, 1.54) is 32.1 Å². The minimum atomic E-state index is -0.480. The zero-order chi connectivity index (χ0) is 12.5. The molecule has 0 heterocycles. The Morgan fingerprint density at radius 2 is 1.82 bits per heavy atom. The number of hydrogen-bond acceptors (Lipinski definition) is 0. The highest BCUT2D eigenvalue weighted by molar-refractivity contribution is 6.40. The maximum Gasteiger partial charge on any atom is 0.0631 e. The highest BCUT2D eigenvalue weighted by Gasteiger charge is 2.67. The Labute approximate surface area is 109 Å². The second-order valence-corrected chi connectivity index (χ2v) is 7.71. The fourth-order valence-corrected chi connectivity index (χ4v) is 4.63. The average molecular weight is 226 g/mol. The summed E-state index contributed by atoms with van der Waals surface area (Å²) in [6.07, 6.45) is 8.08. The third kappa shape index (κ3) is 1.45. The summed E-state index contributed by atoms with van der Waals surface area (Å²) in [7, 11) is 13.1. The van der Waals surface area contributed by atoms with Crippen molar-refractivity contribution in [3.05, 3.63) is 0 Å². The minimum Gasteiger partial charge on any atom is -0.0913 e. The lowest BCUT2D eigenvalue weighted by Gasteiger charge is -2.54. The van der Waals surface area contributed by atoms with Gasteiger partial charge < -0.3 is 0 Å². The summed E-state index contributed by atoms with van der Waals surface area (Å²) in [6.45, 7) is 6.69. The third-order valence-electron chi connectivity index (χ3n) is 6.92. The summed E-state index contributed by atoms with van der Waals surface area (Å²) in [5.41, 5.74) is 0.846. The SMILES string of the molecule is [B]C([B])(C1CC2CCC23CC3C1)C(C)(C)CC. The molecule has 17 heavy (non-hydrogen) atoms. The largest absolute Gasteiger partial charge is 0.0913 e. The van der Waals surface area contributed by atoms with Crippen LogP contribution in [0.1, 0.15) is 59.3 Å². The van der Waals surface area contributed by atoms with Crippen LogP contribution in [0.25, 0.3) is 0 Å². The van der Waals surface area contributed by atoms with Crippen LogP contribution in [0.2, 0.25) is 5.21 Å². The van der Waals surface area contributed by atoms with Crippen LogP contribution in [0.4, 0.5) is 0 Å². The molecule has 4 radical (unpaired) electrons. The van der Waals surface area contributed by atoms with Crippen LogP contribution in [-0.2, 0) is 0 Å². The van der Waals surface area contributed by atoms with Crippen LogP contribution in [0.5, 0.6) is 0 Å². The van der Waals surface area contributed by atoms with Gasteiger partial charge in [-0.15, -0.1) is 0 Å². The molecule has 0 bridgehead atoms. The van der Waals surface area contributed by atoms with Crippen molar-refractivity contribution in [2.24, 2.45) is 28.6 Å². The Bertz CT molecular complexity index is 334. The van der Waals surface area contributed by atoms with Crippen LogP contribution < -0.4 is 0 Å². The van der Waals surface area contributed by atoms with Crippen molar-refractivity contribution in [3.63, 3.8) is 0 Å². The van der Waals surface area contributed by atoms with Crippen molar-refractivity contribution in [1.82, 2.24) is 0 Å². The Balaban J connectivity index is 1.77. The molecule has 3 saturated carbocycles. The molecule has 4 atom stereocenters.